The minimum Gasteiger partial charge on any atom is -0.449 e. The van der Waals surface area contributed by atoms with Crippen molar-refractivity contribution in [3.63, 3.8) is 0 Å². The number of amides is 1. The predicted molar refractivity (Wildman–Crippen MR) is 67.6 cm³/mol. The zero-order chi connectivity index (χ0) is 12.2. The number of ether oxygens (including phenoxy) is 1. The Morgan fingerprint density at radius 3 is 2.06 bits per heavy atom. The molecule has 0 saturated heterocycles. The van der Waals surface area contributed by atoms with Crippen LogP contribution >= 0.6 is 0 Å². The Kier molecular flexibility index (Phi) is 10.3. The van der Waals surface area contributed by atoms with E-state index in [4.69, 9.17) is 4.74 Å². The zero-order valence-electron chi connectivity index (χ0n) is 11.1. The number of rotatable bonds is 9. The van der Waals surface area contributed by atoms with E-state index in [1.165, 1.54) is 32.1 Å². The van der Waals surface area contributed by atoms with E-state index in [1.807, 2.05) is 13.8 Å². The normalized spacial score (nSPS) is 10.2. The second-order valence-electron chi connectivity index (χ2n) is 4.05. The van der Waals surface area contributed by atoms with Crippen molar-refractivity contribution in [1.82, 2.24) is 4.90 Å². The van der Waals surface area contributed by atoms with E-state index in [0.29, 0.717) is 6.61 Å². The molecule has 0 aliphatic carbocycles. The highest BCUT2D eigenvalue weighted by atomic mass is 16.6. The lowest BCUT2D eigenvalue weighted by atomic mass is 10.1. The highest BCUT2D eigenvalue weighted by molar-refractivity contribution is 5.67. The van der Waals surface area contributed by atoms with Crippen molar-refractivity contribution in [2.45, 2.75) is 59.3 Å². The molecule has 0 bridgehead atoms. The number of carbonyl (C=O) groups excluding carboxylic acids is 1. The summed E-state index contributed by atoms with van der Waals surface area (Å²) in [7, 11) is 0. The third-order valence-corrected chi connectivity index (χ3v) is 2.75. The number of hydrogen-bond acceptors (Lipinski definition) is 2. The first-order valence-corrected chi connectivity index (χ1v) is 6.67. The summed E-state index contributed by atoms with van der Waals surface area (Å²) in [4.78, 5) is 13.1. The van der Waals surface area contributed by atoms with Crippen molar-refractivity contribution in [2.75, 3.05) is 19.7 Å². The smallest absolute Gasteiger partial charge is 0.409 e. The highest BCUT2D eigenvalue weighted by Crippen LogP contribution is 2.05. The molecule has 0 aliphatic heterocycles. The van der Waals surface area contributed by atoms with Gasteiger partial charge in [0.1, 0.15) is 0 Å². The summed E-state index contributed by atoms with van der Waals surface area (Å²) < 4.78 is 5.18. The fraction of sp³-hybridized carbons (Fsp3) is 0.923. The van der Waals surface area contributed by atoms with Crippen LogP contribution in [-0.4, -0.2) is 30.7 Å². The Morgan fingerprint density at radius 2 is 1.50 bits per heavy atom. The maximum Gasteiger partial charge on any atom is 0.409 e. The molecule has 0 radical (unpaired) electrons. The van der Waals surface area contributed by atoms with Crippen LogP contribution in [0.25, 0.3) is 0 Å². The van der Waals surface area contributed by atoms with Crippen LogP contribution in [0.5, 0.6) is 0 Å². The molecule has 0 rings (SSSR count). The number of carbonyl (C=O) groups is 1. The lowest BCUT2D eigenvalue weighted by Crippen LogP contribution is -2.31. The lowest BCUT2D eigenvalue weighted by Gasteiger charge is -2.17. The summed E-state index contributed by atoms with van der Waals surface area (Å²) >= 11 is 0. The van der Waals surface area contributed by atoms with E-state index in [2.05, 4.69) is 6.92 Å². The first-order valence-electron chi connectivity index (χ1n) is 6.67. The molecular weight excluding hydrogens is 202 g/mol. The largest absolute Gasteiger partial charge is 0.449 e. The van der Waals surface area contributed by atoms with Gasteiger partial charge in [-0.3, -0.25) is 0 Å². The van der Waals surface area contributed by atoms with E-state index in [1.54, 1.807) is 4.90 Å². The molecule has 16 heavy (non-hydrogen) atoms. The quantitative estimate of drug-likeness (QED) is 0.562. The van der Waals surface area contributed by atoms with Gasteiger partial charge in [0.05, 0.1) is 6.61 Å². The van der Waals surface area contributed by atoms with Crippen LogP contribution in [-0.2, 0) is 4.74 Å². The summed E-state index contributed by atoms with van der Waals surface area (Å²) in [5, 5.41) is 0. The molecule has 0 aromatic heterocycles. The van der Waals surface area contributed by atoms with E-state index in [-0.39, 0.29) is 6.09 Å². The monoisotopic (exact) mass is 229 g/mol. The topological polar surface area (TPSA) is 29.5 Å². The fourth-order valence-electron chi connectivity index (χ4n) is 1.61. The van der Waals surface area contributed by atoms with Gasteiger partial charge in [-0.05, 0) is 20.3 Å². The van der Waals surface area contributed by atoms with Gasteiger partial charge in [-0.15, -0.1) is 0 Å². The molecule has 3 nitrogen and oxygen atoms in total. The van der Waals surface area contributed by atoms with Gasteiger partial charge >= 0.3 is 6.09 Å². The fourth-order valence-corrected chi connectivity index (χ4v) is 1.61. The molecule has 0 spiro atoms. The number of hydrogen-bond donors (Lipinski definition) is 0. The van der Waals surface area contributed by atoms with Gasteiger partial charge in [0.25, 0.3) is 0 Å². The molecule has 0 unspecified atom stereocenters. The van der Waals surface area contributed by atoms with Crippen LogP contribution in [0.3, 0.4) is 0 Å². The Hall–Kier alpha value is -0.730. The van der Waals surface area contributed by atoms with Crippen LogP contribution in [0.15, 0.2) is 0 Å². The molecule has 0 N–H and O–H groups in total. The highest BCUT2D eigenvalue weighted by Gasteiger charge is 2.09. The van der Waals surface area contributed by atoms with E-state index in [9.17, 15) is 4.79 Å². The van der Waals surface area contributed by atoms with Crippen molar-refractivity contribution in [2.24, 2.45) is 0 Å². The summed E-state index contributed by atoms with van der Waals surface area (Å²) in [6.07, 6.45) is 7.16. The van der Waals surface area contributed by atoms with Gasteiger partial charge in [0.2, 0.25) is 0 Å². The van der Waals surface area contributed by atoms with Gasteiger partial charge in [-0.2, -0.15) is 0 Å². The van der Waals surface area contributed by atoms with Crippen molar-refractivity contribution in [3.8, 4) is 0 Å². The second-order valence-corrected chi connectivity index (χ2v) is 4.05. The van der Waals surface area contributed by atoms with Gasteiger partial charge in [0.15, 0.2) is 0 Å². The predicted octanol–water partition coefficient (Wildman–Crippen LogP) is 3.83. The maximum absolute atomic E-state index is 11.4. The molecule has 0 heterocycles. The standard InChI is InChI=1S/C13H27NO2/c1-4-7-8-9-10-11-12-16-13(15)14(5-2)6-3/h4-12H2,1-3H3. The van der Waals surface area contributed by atoms with Gasteiger partial charge in [-0.1, -0.05) is 39.0 Å². The van der Waals surface area contributed by atoms with Gasteiger partial charge in [-0.25, -0.2) is 4.79 Å². The molecule has 0 atom stereocenters. The van der Waals surface area contributed by atoms with Crippen LogP contribution in [0, 0.1) is 0 Å². The average molecular weight is 229 g/mol. The molecule has 96 valence electrons. The van der Waals surface area contributed by atoms with Crippen molar-refractivity contribution < 1.29 is 9.53 Å². The Morgan fingerprint density at radius 1 is 0.938 bits per heavy atom. The van der Waals surface area contributed by atoms with Crippen molar-refractivity contribution in [3.05, 3.63) is 0 Å². The third-order valence-electron chi connectivity index (χ3n) is 2.75. The Balaban J connectivity index is 3.33. The first-order chi connectivity index (χ1) is 7.76. The minimum atomic E-state index is -0.168. The summed E-state index contributed by atoms with van der Waals surface area (Å²) in [5.41, 5.74) is 0. The zero-order valence-corrected chi connectivity index (χ0v) is 11.1. The molecule has 0 aromatic carbocycles. The molecule has 3 heteroatoms. The number of nitrogens with zero attached hydrogens (tertiary/aromatic N) is 1. The maximum atomic E-state index is 11.4. The van der Waals surface area contributed by atoms with Crippen molar-refractivity contribution >= 4 is 6.09 Å². The van der Waals surface area contributed by atoms with Gasteiger partial charge in [0, 0.05) is 13.1 Å². The molecule has 0 saturated carbocycles. The Labute approximate surface area is 100 Å². The number of unbranched alkanes of at least 4 members (excludes halogenated alkanes) is 5. The SMILES string of the molecule is CCCCCCCCOC(=O)N(CC)CC. The second kappa shape index (κ2) is 10.8. The van der Waals surface area contributed by atoms with E-state index in [0.717, 1.165) is 19.5 Å². The minimum absolute atomic E-state index is 0.168. The van der Waals surface area contributed by atoms with Gasteiger partial charge < -0.3 is 9.64 Å². The molecule has 1 amide bonds. The van der Waals surface area contributed by atoms with Crippen molar-refractivity contribution in [1.29, 1.82) is 0 Å². The summed E-state index contributed by atoms with van der Waals surface area (Å²) in [6.45, 7) is 8.18. The third kappa shape index (κ3) is 7.55. The van der Waals surface area contributed by atoms with Crippen LogP contribution < -0.4 is 0 Å². The molecular formula is C13H27NO2. The van der Waals surface area contributed by atoms with Crippen LogP contribution in [0.1, 0.15) is 59.3 Å². The lowest BCUT2D eigenvalue weighted by molar-refractivity contribution is 0.104. The molecule has 0 aliphatic rings. The first kappa shape index (κ1) is 15.3. The van der Waals surface area contributed by atoms with Crippen LogP contribution in [0.2, 0.25) is 0 Å². The van der Waals surface area contributed by atoms with E-state index < -0.39 is 0 Å². The molecule has 0 fully saturated rings. The average Bonchev–Trinajstić information content (AvgIpc) is 2.29. The van der Waals surface area contributed by atoms with Crippen LogP contribution in [0.4, 0.5) is 4.79 Å². The summed E-state index contributed by atoms with van der Waals surface area (Å²) in [5.74, 6) is 0. The molecule has 0 aromatic rings. The Bertz CT molecular complexity index is 167. The summed E-state index contributed by atoms with van der Waals surface area (Å²) in [6, 6.07) is 0. The van der Waals surface area contributed by atoms with E-state index >= 15 is 0 Å².